The monoisotopic (exact) mass is 383 g/mol. The summed E-state index contributed by atoms with van der Waals surface area (Å²) in [6.07, 6.45) is 2.49. The first kappa shape index (κ1) is 18.9. The van der Waals surface area contributed by atoms with Crippen molar-refractivity contribution in [3.63, 3.8) is 0 Å². The molecule has 0 spiro atoms. The van der Waals surface area contributed by atoms with Crippen LogP contribution in [0.2, 0.25) is 0 Å². The molecule has 0 bridgehead atoms. The van der Waals surface area contributed by atoms with Gasteiger partial charge >= 0.3 is 0 Å². The van der Waals surface area contributed by atoms with Gasteiger partial charge in [-0.3, -0.25) is 14.0 Å². The molecule has 0 aliphatic rings. The van der Waals surface area contributed by atoms with Crippen LogP contribution in [0.4, 0.5) is 5.69 Å². The van der Waals surface area contributed by atoms with Crippen molar-refractivity contribution in [2.45, 2.75) is 13.3 Å². The lowest BCUT2D eigenvalue weighted by Gasteiger charge is -2.06. The first-order valence-electron chi connectivity index (χ1n) is 8.61. The predicted octanol–water partition coefficient (Wildman–Crippen LogP) is 2.07. The first-order chi connectivity index (χ1) is 13.1. The molecule has 140 valence electrons. The lowest BCUT2D eigenvalue weighted by Crippen LogP contribution is -2.28. The third kappa shape index (κ3) is 5.55. The average molecular weight is 383 g/mol. The number of aromatic nitrogens is 3. The number of hydrogen-bond acceptors (Lipinski definition) is 5. The minimum atomic E-state index is -0.117. The van der Waals surface area contributed by atoms with Crippen LogP contribution in [0, 0.1) is 6.92 Å². The summed E-state index contributed by atoms with van der Waals surface area (Å²) in [6.45, 7) is 2.45. The maximum atomic E-state index is 11.9. The SMILES string of the molecule is Cc1cccc(NC(=O)CSCC(=O)NCCc2nnc3ccccn23)c1. The lowest BCUT2D eigenvalue weighted by molar-refractivity contribution is -0.118. The molecular formula is C19H21N5O2S. The Morgan fingerprint density at radius 3 is 2.78 bits per heavy atom. The van der Waals surface area contributed by atoms with Gasteiger partial charge in [0.1, 0.15) is 5.82 Å². The van der Waals surface area contributed by atoms with Gasteiger partial charge in [-0.05, 0) is 36.8 Å². The number of nitrogens with zero attached hydrogens (tertiary/aromatic N) is 3. The highest BCUT2D eigenvalue weighted by Crippen LogP contribution is 2.10. The Labute approximate surface area is 161 Å². The summed E-state index contributed by atoms with van der Waals surface area (Å²) in [7, 11) is 0. The van der Waals surface area contributed by atoms with Gasteiger partial charge in [0, 0.05) is 24.8 Å². The molecule has 2 aromatic heterocycles. The minimum Gasteiger partial charge on any atom is -0.355 e. The van der Waals surface area contributed by atoms with E-state index in [2.05, 4.69) is 20.8 Å². The van der Waals surface area contributed by atoms with E-state index in [0.29, 0.717) is 13.0 Å². The van der Waals surface area contributed by atoms with Crippen LogP contribution in [-0.2, 0) is 16.0 Å². The van der Waals surface area contributed by atoms with Gasteiger partial charge in [0.05, 0.1) is 11.5 Å². The van der Waals surface area contributed by atoms with Crippen molar-refractivity contribution in [2.24, 2.45) is 0 Å². The number of carbonyl (C=O) groups excluding carboxylic acids is 2. The molecule has 27 heavy (non-hydrogen) atoms. The van der Waals surface area contributed by atoms with Crippen molar-refractivity contribution >= 4 is 34.9 Å². The zero-order valence-electron chi connectivity index (χ0n) is 15.0. The maximum absolute atomic E-state index is 11.9. The second-order valence-corrected chi connectivity index (χ2v) is 7.04. The topological polar surface area (TPSA) is 88.4 Å². The lowest BCUT2D eigenvalue weighted by atomic mass is 10.2. The highest BCUT2D eigenvalue weighted by atomic mass is 32.2. The van der Waals surface area contributed by atoms with E-state index in [1.54, 1.807) is 0 Å². The van der Waals surface area contributed by atoms with Gasteiger partial charge in [-0.15, -0.1) is 22.0 Å². The molecule has 0 fully saturated rings. The molecule has 0 saturated carbocycles. The molecule has 2 N–H and O–H groups in total. The number of amides is 2. The molecular weight excluding hydrogens is 362 g/mol. The highest BCUT2D eigenvalue weighted by Gasteiger charge is 2.08. The molecule has 0 radical (unpaired) electrons. The first-order valence-corrected chi connectivity index (χ1v) is 9.77. The standard InChI is InChI=1S/C19H21N5O2S/c1-14-5-4-6-15(11-14)21-19(26)13-27-12-18(25)20-9-8-17-23-22-16-7-2-3-10-24(16)17/h2-7,10-11H,8-9,12-13H2,1H3,(H,20,25)(H,21,26). The summed E-state index contributed by atoms with van der Waals surface area (Å²) in [5, 5.41) is 13.9. The van der Waals surface area contributed by atoms with Crippen LogP contribution >= 0.6 is 11.8 Å². The fourth-order valence-corrected chi connectivity index (χ4v) is 3.23. The molecule has 2 heterocycles. The number of nitrogens with one attached hydrogen (secondary N) is 2. The van der Waals surface area contributed by atoms with Crippen molar-refractivity contribution in [1.29, 1.82) is 0 Å². The molecule has 7 nitrogen and oxygen atoms in total. The molecule has 1 aromatic carbocycles. The van der Waals surface area contributed by atoms with Gasteiger partial charge in [-0.2, -0.15) is 0 Å². The summed E-state index contributed by atoms with van der Waals surface area (Å²) < 4.78 is 1.90. The average Bonchev–Trinajstić information content (AvgIpc) is 3.05. The molecule has 2 amide bonds. The molecule has 3 rings (SSSR count). The third-order valence-corrected chi connectivity index (χ3v) is 4.76. The van der Waals surface area contributed by atoms with Gasteiger partial charge < -0.3 is 10.6 Å². The molecule has 0 saturated heterocycles. The minimum absolute atomic E-state index is 0.0998. The Hall–Kier alpha value is -2.87. The molecule has 0 atom stereocenters. The van der Waals surface area contributed by atoms with Gasteiger partial charge in [0.2, 0.25) is 11.8 Å². The van der Waals surface area contributed by atoms with Crippen molar-refractivity contribution in [3.05, 3.63) is 60.0 Å². The third-order valence-electron chi connectivity index (χ3n) is 3.82. The number of anilines is 1. The van der Waals surface area contributed by atoms with Gasteiger partial charge in [-0.1, -0.05) is 18.2 Å². The molecule has 8 heteroatoms. The number of hydrogen-bond donors (Lipinski definition) is 2. The second kappa shape index (κ2) is 9.18. The zero-order valence-corrected chi connectivity index (χ0v) is 15.8. The van der Waals surface area contributed by atoms with Gasteiger partial charge in [-0.25, -0.2) is 0 Å². The van der Waals surface area contributed by atoms with Crippen molar-refractivity contribution in [3.8, 4) is 0 Å². The van der Waals surface area contributed by atoms with E-state index in [0.717, 1.165) is 22.7 Å². The molecule has 0 aliphatic heterocycles. The Kier molecular flexibility index (Phi) is 6.43. The van der Waals surface area contributed by atoms with E-state index in [1.165, 1.54) is 11.8 Å². The van der Waals surface area contributed by atoms with E-state index < -0.39 is 0 Å². The van der Waals surface area contributed by atoms with Gasteiger partial charge in [0.25, 0.3) is 0 Å². The van der Waals surface area contributed by atoms with Gasteiger partial charge in [0.15, 0.2) is 5.65 Å². The van der Waals surface area contributed by atoms with Crippen LogP contribution in [0.25, 0.3) is 5.65 Å². The van der Waals surface area contributed by atoms with Crippen LogP contribution in [0.5, 0.6) is 0 Å². The Bertz CT molecular complexity index is 941. The van der Waals surface area contributed by atoms with Crippen LogP contribution in [-0.4, -0.2) is 44.5 Å². The van der Waals surface area contributed by atoms with E-state index >= 15 is 0 Å². The smallest absolute Gasteiger partial charge is 0.234 e. The van der Waals surface area contributed by atoms with E-state index in [-0.39, 0.29) is 23.3 Å². The number of pyridine rings is 1. The second-order valence-electron chi connectivity index (χ2n) is 6.06. The number of thioether (sulfide) groups is 1. The van der Waals surface area contributed by atoms with E-state index in [1.807, 2.05) is 60.0 Å². The van der Waals surface area contributed by atoms with Crippen molar-refractivity contribution in [2.75, 3.05) is 23.4 Å². The number of benzene rings is 1. The Balaban J connectivity index is 1.34. The summed E-state index contributed by atoms with van der Waals surface area (Å²) >= 11 is 1.29. The number of rotatable bonds is 8. The van der Waals surface area contributed by atoms with Crippen LogP contribution in [0.1, 0.15) is 11.4 Å². The highest BCUT2D eigenvalue weighted by molar-refractivity contribution is 8.00. The predicted molar refractivity (Wildman–Crippen MR) is 107 cm³/mol. The fraction of sp³-hybridized carbons (Fsp3) is 0.263. The largest absolute Gasteiger partial charge is 0.355 e. The van der Waals surface area contributed by atoms with Crippen LogP contribution < -0.4 is 10.6 Å². The summed E-state index contributed by atoms with van der Waals surface area (Å²) in [4.78, 5) is 23.8. The van der Waals surface area contributed by atoms with E-state index in [4.69, 9.17) is 0 Å². The number of fused-ring (bicyclic) bond motifs is 1. The normalized spacial score (nSPS) is 10.7. The quantitative estimate of drug-likeness (QED) is 0.622. The Morgan fingerprint density at radius 1 is 1.07 bits per heavy atom. The van der Waals surface area contributed by atoms with Crippen LogP contribution in [0.15, 0.2) is 48.7 Å². The van der Waals surface area contributed by atoms with Crippen molar-refractivity contribution < 1.29 is 9.59 Å². The number of aryl methyl sites for hydroxylation is 1. The number of carbonyl (C=O) groups is 2. The molecule has 0 aliphatic carbocycles. The fourth-order valence-electron chi connectivity index (χ4n) is 2.58. The zero-order chi connectivity index (χ0) is 19.1. The van der Waals surface area contributed by atoms with E-state index in [9.17, 15) is 9.59 Å². The van der Waals surface area contributed by atoms with Crippen molar-refractivity contribution in [1.82, 2.24) is 19.9 Å². The summed E-state index contributed by atoms with van der Waals surface area (Å²) in [5.41, 5.74) is 2.64. The molecule has 3 aromatic rings. The summed E-state index contributed by atoms with van der Waals surface area (Å²) in [6, 6.07) is 13.3. The Morgan fingerprint density at radius 2 is 1.93 bits per heavy atom. The molecule has 0 unspecified atom stereocenters. The maximum Gasteiger partial charge on any atom is 0.234 e. The summed E-state index contributed by atoms with van der Waals surface area (Å²) in [5.74, 6) is 1.06. The van der Waals surface area contributed by atoms with Crippen LogP contribution in [0.3, 0.4) is 0 Å².